The summed E-state index contributed by atoms with van der Waals surface area (Å²) in [5.41, 5.74) is 0.743. The Hall–Kier alpha value is -1.64. The number of nitrogens with one attached hydrogen (secondary N) is 1. The first kappa shape index (κ1) is 10.9. The summed E-state index contributed by atoms with van der Waals surface area (Å²) in [7, 11) is 0. The van der Waals surface area contributed by atoms with Gasteiger partial charge in [-0.1, -0.05) is 32.4 Å². The molecular formula is C13H16N2O. The van der Waals surface area contributed by atoms with Crippen molar-refractivity contribution in [3.8, 4) is 0 Å². The molecule has 0 aliphatic rings. The zero-order valence-electron chi connectivity index (χ0n) is 9.66. The molecule has 0 aliphatic carbocycles. The van der Waals surface area contributed by atoms with Crippen LogP contribution < -0.4 is 5.56 Å². The van der Waals surface area contributed by atoms with E-state index in [2.05, 4.69) is 23.8 Å². The number of benzene rings is 1. The molecule has 0 radical (unpaired) electrons. The molecule has 2 rings (SSSR count). The molecule has 16 heavy (non-hydrogen) atoms. The average Bonchev–Trinajstić information content (AvgIpc) is 2.29. The Morgan fingerprint density at radius 2 is 2.12 bits per heavy atom. The van der Waals surface area contributed by atoms with E-state index in [0.717, 1.165) is 24.2 Å². The summed E-state index contributed by atoms with van der Waals surface area (Å²) in [6.45, 7) is 4.23. The summed E-state index contributed by atoms with van der Waals surface area (Å²) in [6.07, 6.45) is 2.14. The second-order valence-electron chi connectivity index (χ2n) is 4.16. The Morgan fingerprint density at radius 1 is 1.38 bits per heavy atom. The number of hydrogen-bond acceptors (Lipinski definition) is 2. The summed E-state index contributed by atoms with van der Waals surface area (Å²) < 4.78 is 0. The molecule has 0 aliphatic heterocycles. The molecule has 0 fully saturated rings. The minimum atomic E-state index is -0.0384. The number of rotatable bonds is 3. The summed E-state index contributed by atoms with van der Waals surface area (Å²) in [5, 5.41) is 0.662. The number of hydrogen-bond donors (Lipinski definition) is 1. The van der Waals surface area contributed by atoms with E-state index in [4.69, 9.17) is 0 Å². The van der Waals surface area contributed by atoms with E-state index in [0.29, 0.717) is 11.3 Å². The van der Waals surface area contributed by atoms with Gasteiger partial charge in [0.05, 0.1) is 10.9 Å². The molecule has 3 heteroatoms. The highest BCUT2D eigenvalue weighted by Gasteiger charge is 2.09. The Morgan fingerprint density at radius 3 is 2.88 bits per heavy atom. The zero-order valence-corrected chi connectivity index (χ0v) is 9.66. The number of aromatic nitrogens is 2. The maximum absolute atomic E-state index is 11.8. The molecule has 0 bridgehead atoms. The lowest BCUT2D eigenvalue weighted by molar-refractivity contribution is 0.627. The quantitative estimate of drug-likeness (QED) is 0.857. The van der Waals surface area contributed by atoms with Crippen molar-refractivity contribution >= 4 is 10.9 Å². The van der Waals surface area contributed by atoms with Crippen LogP contribution in [-0.2, 0) is 0 Å². The van der Waals surface area contributed by atoms with Crippen molar-refractivity contribution in [2.24, 2.45) is 0 Å². The predicted molar refractivity (Wildman–Crippen MR) is 65.7 cm³/mol. The molecule has 1 N–H and O–H groups in total. The summed E-state index contributed by atoms with van der Waals surface area (Å²) in [4.78, 5) is 19.2. The molecule has 1 aromatic carbocycles. The first-order valence-electron chi connectivity index (χ1n) is 5.71. The molecular weight excluding hydrogens is 200 g/mol. The molecule has 1 aromatic heterocycles. The third-order valence-electron chi connectivity index (χ3n) is 2.82. The van der Waals surface area contributed by atoms with Crippen molar-refractivity contribution in [1.82, 2.24) is 9.97 Å². The molecule has 3 nitrogen and oxygen atoms in total. The van der Waals surface area contributed by atoms with Gasteiger partial charge in [-0.25, -0.2) is 4.98 Å². The van der Waals surface area contributed by atoms with Gasteiger partial charge in [0.2, 0.25) is 0 Å². The van der Waals surface area contributed by atoms with E-state index in [1.807, 2.05) is 18.2 Å². The number of nitrogens with zero attached hydrogens (tertiary/aromatic N) is 1. The van der Waals surface area contributed by atoms with Crippen LogP contribution in [0.2, 0.25) is 0 Å². The largest absolute Gasteiger partial charge is 0.310 e. The van der Waals surface area contributed by atoms with Crippen molar-refractivity contribution in [2.45, 2.75) is 32.6 Å². The summed E-state index contributed by atoms with van der Waals surface area (Å²) >= 11 is 0. The number of aromatic amines is 1. The average molecular weight is 216 g/mol. The van der Waals surface area contributed by atoms with Crippen LogP contribution in [0.5, 0.6) is 0 Å². The Kier molecular flexibility index (Phi) is 3.04. The van der Waals surface area contributed by atoms with E-state index < -0.39 is 0 Å². The van der Waals surface area contributed by atoms with Crippen LogP contribution in [0.3, 0.4) is 0 Å². The van der Waals surface area contributed by atoms with Crippen LogP contribution in [0, 0.1) is 0 Å². The normalized spacial score (nSPS) is 12.9. The second kappa shape index (κ2) is 4.47. The SMILES string of the molecule is CCC[C@@H](C)c1nc2ccccc2c(=O)[nH]1. The lowest BCUT2D eigenvalue weighted by Gasteiger charge is -2.09. The van der Waals surface area contributed by atoms with Gasteiger partial charge in [-0.2, -0.15) is 0 Å². The van der Waals surface area contributed by atoms with Crippen LogP contribution in [0.15, 0.2) is 29.1 Å². The van der Waals surface area contributed by atoms with Crippen LogP contribution >= 0.6 is 0 Å². The third-order valence-corrected chi connectivity index (χ3v) is 2.82. The third kappa shape index (κ3) is 1.98. The van der Waals surface area contributed by atoms with Gasteiger partial charge in [-0.15, -0.1) is 0 Å². The van der Waals surface area contributed by atoms with Crippen LogP contribution in [0.4, 0.5) is 0 Å². The monoisotopic (exact) mass is 216 g/mol. The highest BCUT2D eigenvalue weighted by Crippen LogP contribution is 2.17. The Bertz CT molecular complexity index is 545. The fourth-order valence-electron chi connectivity index (χ4n) is 1.91. The molecule has 0 saturated heterocycles. The fourth-order valence-corrected chi connectivity index (χ4v) is 1.91. The molecule has 84 valence electrons. The van der Waals surface area contributed by atoms with Gasteiger partial charge < -0.3 is 4.98 Å². The van der Waals surface area contributed by atoms with Crippen molar-refractivity contribution in [3.63, 3.8) is 0 Å². The molecule has 2 aromatic rings. The number of H-pyrrole nitrogens is 1. The molecule has 1 heterocycles. The summed E-state index contributed by atoms with van der Waals surface area (Å²) in [6, 6.07) is 7.44. The minimum Gasteiger partial charge on any atom is -0.310 e. The van der Waals surface area contributed by atoms with Gasteiger partial charge in [0.25, 0.3) is 5.56 Å². The molecule has 1 atom stereocenters. The number of para-hydroxylation sites is 1. The van der Waals surface area contributed by atoms with E-state index in [9.17, 15) is 4.79 Å². The summed E-state index contributed by atoms with van der Waals surface area (Å²) in [5.74, 6) is 1.10. The van der Waals surface area contributed by atoms with Gasteiger partial charge in [0, 0.05) is 5.92 Å². The van der Waals surface area contributed by atoms with E-state index in [1.54, 1.807) is 6.07 Å². The lowest BCUT2D eigenvalue weighted by Crippen LogP contribution is -2.13. The second-order valence-corrected chi connectivity index (χ2v) is 4.16. The van der Waals surface area contributed by atoms with Crippen LogP contribution in [-0.4, -0.2) is 9.97 Å². The van der Waals surface area contributed by atoms with Gasteiger partial charge in [0.1, 0.15) is 5.82 Å². The molecule has 0 spiro atoms. The zero-order chi connectivity index (χ0) is 11.5. The van der Waals surface area contributed by atoms with E-state index in [1.165, 1.54) is 0 Å². The van der Waals surface area contributed by atoms with Gasteiger partial charge in [-0.05, 0) is 18.6 Å². The maximum Gasteiger partial charge on any atom is 0.258 e. The predicted octanol–water partition coefficient (Wildman–Crippen LogP) is 2.83. The Balaban J connectivity index is 2.54. The van der Waals surface area contributed by atoms with E-state index in [-0.39, 0.29) is 5.56 Å². The lowest BCUT2D eigenvalue weighted by atomic mass is 10.1. The Labute approximate surface area is 94.5 Å². The minimum absolute atomic E-state index is 0.0384. The molecule has 0 unspecified atom stereocenters. The van der Waals surface area contributed by atoms with Gasteiger partial charge in [-0.3, -0.25) is 4.79 Å². The fraction of sp³-hybridized carbons (Fsp3) is 0.385. The first-order valence-corrected chi connectivity index (χ1v) is 5.71. The van der Waals surface area contributed by atoms with Crippen LogP contribution in [0.1, 0.15) is 38.4 Å². The van der Waals surface area contributed by atoms with E-state index >= 15 is 0 Å². The highest BCUT2D eigenvalue weighted by molar-refractivity contribution is 5.77. The maximum atomic E-state index is 11.8. The topological polar surface area (TPSA) is 45.8 Å². The number of fused-ring (bicyclic) bond motifs is 1. The van der Waals surface area contributed by atoms with Gasteiger partial charge >= 0.3 is 0 Å². The van der Waals surface area contributed by atoms with Crippen LogP contribution in [0.25, 0.3) is 10.9 Å². The smallest absolute Gasteiger partial charge is 0.258 e. The van der Waals surface area contributed by atoms with Crippen molar-refractivity contribution in [3.05, 3.63) is 40.4 Å². The first-order chi connectivity index (χ1) is 7.72. The van der Waals surface area contributed by atoms with Crippen molar-refractivity contribution in [1.29, 1.82) is 0 Å². The highest BCUT2D eigenvalue weighted by atomic mass is 16.1. The molecule has 0 saturated carbocycles. The van der Waals surface area contributed by atoms with Gasteiger partial charge in [0.15, 0.2) is 0 Å². The van der Waals surface area contributed by atoms with Crippen molar-refractivity contribution < 1.29 is 0 Å². The van der Waals surface area contributed by atoms with Crippen molar-refractivity contribution in [2.75, 3.05) is 0 Å². The molecule has 0 amide bonds. The standard InChI is InChI=1S/C13H16N2O/c1-3-6-9(2)12-14-11-8-5-4-7-10(11)13(16)15-12/h4-5,7-9H,3,6H2,1-2H3,(H,14,15,16)/t9-/m1/s1.